The molecule has 4 heteroatoms. The summed E-state index contributed by atoms with van der Waals surface area (Å²) in [6.45, 7) is 0.562. The number of benzene rings is 1. The summed E-state index contributed by atoms with van der Waals surface area (Å²) in [5, 5.41) is 8.88. The zero-order valence-electron chi connectivity index (χ0n) is 7.66. The van der Waals surface area contributed by atoms with Gasteiger partial charge < -0.3 is 16.2 Å². The average molecular weight is 189 g/mol. The molecule has 14 heavy (non-hydrogen) atoms. The van der Waals surface area contributed by atoms with Crippen molar-refractivity contribution in [2.75, 3.05) is 12.3 Å². The topological polar surface area (TPSA) is 85.1 Å². The third kappa shape index (κ3) is 1.28. The Labute approximate surface area is 82.1 Å². The van der Waals surface area contributed by atoms with Gasteiger partial charge in [0.2, 0.25) is 0 Å². The molecule has 2 rings (SSSR count). The van der Waals surface area contributed by atoms with Gasteiger partial charge in [0.15, 0.2) is 0 Å². The van der Waals surface area contributed by atoms with E-state index in [1.165, 1.54) is 0 Å². The number of hydrogen-bond acceptors (Lipinski definition) is 4. The first-order valence-electron chi connectivity index (χ1n) is 4.44. The van der Waals surface area contributed by atoms with Gasteiger partial charge in [0.1, 0.15) is 11.8 Å². The SMILES string of the molecule is N#Cc1cc(N)cc2c1OCC[C@@H]2N. The number of nitrogens with zero attached hydrogens (tertiary/aromatic N) is 1. The van der Waals surface area contributed by atoms with Crippen LogP contribution >= 0.6 is 0 Å². The van der Waals surface area contributed by atoms with Gasteiger partial charge in [-0.15, -0.1) is 0 Å². The highest BCUT2D eigenvalue weighted by Crippen LogP contribution is 2.35. The van der Waals surface area contributed by atoms with Crippen LogP contribution in [0.4, 0.5) is 5.69 Å². The molecular formula is C10H11N3O. The molecule has 1 aliphatic heterocycles. The molecule has 0 saturated heterocycles. The maximum absolute atomic E-state index is 8.88. The minimum Gasteiger partial charge on any atom is -0.492 e. The van der Waals surface area contributed by atoms with Crippen LogP contribution in [0.2, 0.25) is 0 Å². The Morgan fingerprint density at radius 2 is 2.29 bits per heavy atom. The summed E-state index contributed by atoms with van der Waals surface area (Å²) in [6, 6.07) is 5.37. The van der Waals surface area contributed by atoms with Crippen molar-refractivity contribution in [3.8, 4) is 11.8 Å². The number of anilines is 1. The summed E-state index contributed by atoms with van der Waals surface area (Å²) in [4.78, 5) is 0. The van der Waals surface area contributed by atoms with Crippen molar-refractivity contribution in [2.45, 2.75) is 12.5 Å². The van der Waals surface area contributed by atoms with E-state index in [2.05, 4.69) is 6.07 Å². The van der Waals surface area contributed by atoms with Gasteiger partial charge in [-0.1, -0.05) is 0 Å². The van der Waals surface area contributed by atoms with Crippen LogP contribution in [0.5, 0.6) is 5.75 Å². The van der Waals surface area contributed by atoms with Crippen molar-refractivity contribution in [1.29, 1.82) is 5.26 Å². The number of nitrogens with two attached hydrogens (primary N) is 2. The predicted octanol–water partition coefficient (Wildman–Crippen LogP) is 0.923. The molecule has 1 atom stereocenters. The van der Waals surface area contributed by atoms with E-state index >= 15 is 0 Å². The van der Waals surface area contributed by atoms with Gasteiger partial charge >= 0.3 is 0 Å². The van der Waals surface area contributed by atoms with E-state index in [1.54, 1.807) is 12.1 Å². The Morgan fingerprint density at radius 1 is 1.50 bits per heavy atom. The second kappa shape index (κ2) is 3.20. The summed E-state index contributed by atoms with van der Waals surface area (Å²) in [5.74, 6) is 0.598. The highest BCUT2D eigenvalue weighted by atomic mass is 16.5. The van der Waals surface area contributed by atoms with Crippen LogP contribution in [0.1, 0.15) is 23.6 Å². The molecule has 0 radical (unpaired) electrons. The smallest absolute Gasteiger partial charge is 0.141 e. The molecule has 1 heterocycles. The van der Waals surface area contributed by atoms with E-state index in [0.717, 1.165) is 12.0 Å². The van der Waals surface area contributed by atoms with Gasteiger partial charge in [-0.3, -0.25) is 0 Å². The summed E-state index contributed by atoms with van der Waals surface area (Å²) >= 11 is 0. The first kappa shape index (κ1) is 8.85. The first-order valence-corrected chi connectivity index (χ1v) is 4.44. The lowest BCUT2D eigenvalue weighted by atomic mass is 9.98. The fraction of sp³-hybridized carbons (Fsp3) is 0.300. The maximum Gasteiger partial charge on any atom is 0.141 e. The number of ether oxygens (including phenoxy) is 1. The Morgan fingerprint density at radius 3 is 3.00 bits per heavy atom. The fourth-order valence-corrected chi connectivity index (χ4v) is 1.64. The second-order valence-corrected chi connectivity index (χ2v) is 3.34. The maximum atomic E-state index is 8.88. The van der Waals surface area contributed by atoms with Crippen LogP contribution in [0.3, 0.4) is 0 Å². The largest absolute Gasteiger partial charge is 0.492 e. The average Bonchev–Trinajstić information content (AvgIpc) is 2.18. The van der Waals surface area contributed by atoms with E-state index in [1.807, 2.05) is 0 Å². The summed E-state index contributed by atoms with van der Waals surface area (Å²) in [6.07, 6.45) is 0.765. The number of hydrogen-bond donors (Lipinski definition) is 2. The predicted molar refractivity (Wildman–Crippen MR) is 52.6 cm³/mol. The summed E-state index contributed by atoms with van der Waals surface area (Å²) in [7, 11) is 0. The third-order valence-electron chi connectivity index (χ3n) is 2.34. The Hall–Kier alpha value is -1.73. The molecule has 1 aliphatic rings. The molecule has 1 aromatic rings. The lowest BCUT2D eigenvalue weighted by Crippen LogP contribution is -2.21. The minimum atomic E-state index is -0.0747. The molecule has 0 aliphatic carbocycles. The molecule has 1 aromatic carbocycles. The van der Waals surface area contributed by atoms with E-state index in [9.17, 15) is 0 Å². The lowest BCUT2D eigenvalue weighted by molar-refractivity contribution is 0.268. The highest BCUT2D eigenvalue weighted by molar-refractivity contribution is 5.59. The van der Waals surface area contributed by atoms with E-state index in [-0.39, 0.29) is 6.04 Å². The normalized spacial score (nSPS) is 19.3. The van der Waals surface area contributed by atoms with Crippen LogP contribution in [0, 0.1) is 11.3 Å². The molecule has 0 saturated carbocycles. The zero-order valence-corrected chi connectivity index (χ0v) is 7.66. The molecule has 0 bridgehead atoms. The fourth-order valence-electron chi connectivity index (χ4n) is 1.64. The number of fused-ring (bicyclic) bond motifs is 1. The van der Waals surface area contributed by atoms with Crippen LogP contribution in [-0.2, 0) is 0 Å². The highest BCUT2D eigenvalue weighted by Gasteiger charge is 2.21. The van der Waals surface area contributed by atoms with Crippen molar-refractivity contribution in [3.63, 3.8) is 0 Å². The molecule has 0 spiro atoms. The van der Waals surface area contributed by atoms with Gasteiger partial charge in [0.25, 0.3) is 0 Å². The summed E-state index contributed by atoms with van der Waals surface area (Å²) < 4.78 is 5.41. The van der Waals surface area contributed by atoms with Gasteiger partial charge in [-0.25, -0.2) is 0 Å². The molecule has 0 fully saturated rings. The monoisotopic (exact) mass is 189 g/mol. The van der Waals surface area contributed by atoms with E-state index in [4.69, 9.17) is 21.5 Å². The van der Waals surface area contributed by atoms with Crippen LogP contribution in [-0.4, -0.2) is 6.61 Å². The van der Waals surface area contributed by atoms with Gasteiger partial charge in [0, 0.05) is 23.7 Å². The van der Waals surface area contributed by atoms with Crippen molar-refractivity contribution in [3.05, 3.63) is 23.3 Å². The number of nitrogen functional groups attached to an aromatic ring is 1. The van der Waals surface area contributed by atoms with Crippen molar-refractivity contribution in [1.82, 2.24) is 0 Å². The Kier molecular flexibility index (Phi) is 2.02. The third-order valence-corrected chi connectivity index (χ3v) is 2.34. The van der Waals surface area contributed by atoms with Gasteiger partial charge in [0.05, 0.1) is 12.2 Å². The van der Waals surface area contributed by atoms with Crippen LogP contribution < -0.4 is 16.2 Å². The first-order chi connectivity index (χ1) is 6.72. The molecule has 4 N–H and O–H groups in total. The number of nitriles is 1. The lowest BCUT2D eigenvalue weighted by Gasteiger charge is -2.23. The second-order valence-electron chi connectivity index (χ2n) is 3.34. The van der Waals surface area contributed by atoms with E-state index < -0.39 is 0 Å². The Bertz CT molecular complexity index is 409. The standard InChI is InChI=1S/C10H11N3O/c11-5-6-3-7(12)4-8-9(13)1-2-14-10(6)8/h3-4,9H,1-2,12-13H2/t9-/m0/s1. The molecule has 0 amide bonds. The van der Waals surface area contributed by atoms with E-state index in [0.29, 0.717) is 23.6 Å². The summed E-state index contributed by atoms with van der Waals surface area (Å²) in [5.41, 5.74) is 13.4. The minimum absolute atomic E-state index is 0.0747. The van der Waals surface area contributed by atoms with Crippen LogP contribution in [0.15, 0.2) is 12.1 Å². The number of rotatable bonds is 0. The van der Waals surface area contributed by atoms with Crippen molar-refractivity contribution in [2.24, 2.45) is 5.73 Å². The van der Waals surface area contributed by atoms with Gasteiger partial charge in [-0.2, -0.15) is 5.26 Å². The molecule has 72 valence electrons. The van der Waals surface area contributed by atoms with Gasteiger partial charge in [-0.05, 0) is 12.1 Å². The molecule has 0 aromatic heterocycles. The molecular weight excluding hydrogens is 178 g/mol. The van der Waals surface area contributed by atoms with Crippen molar-refractivity contribution < 1.29 is 4.74 Å². The molecule has 4 nitrogen and oxygen atoms in total. The van der Waals surface area contributed by atoms with Crippen LogP contribution in [0.25, 0.3) is 0 Å². The zero-order chi connectivity index (χ0) is 10.1. The quantitative estimate of drug-likeness (QED) is 0.594. The van der Waals surface area contributed by atoms with Crippen molar-refractivity contribution >= 4 is 5.69 Å². The Balaban J connectivity index is 2.62. The molecule has 0 unspecified atom stereocenters.